The largest absolute Gasteiger partial charge is 0.508 e. The van der Waals surface area contributed by atoms with Crippen molar-refractivity contribution in [3.8, 4) is 17.0 Å². The predicted octanol–water partition coefficient (Wildman–Crippen LogP) is 4.63. The van der Waals surface area contributed by atoms with Crippen molar-refractivity contribution in [3.63, 3.8) is 0 Å². The highest BCUT2D eigenvalue weighted by Gasteiger charge is 2.39. The summed E-state index contributed by atoms with van der Waals surface area (Å²) in [6.45, 7) is 3.91. The summed E-state index contributed by atoms with van der Waals surface area (Å²) in [6, 6.07) is 22.8. The third-order valence-corrected chi connectivity index (χ3v) is 7.82. The highest BCUT2D eigenvalue weighted by molar-refractivity contribution is 7.10. The van der Waals surface area contributed by atoms with E-state index in [4.69, 9.17) is 0 Å². The van der Waals surface area contributed by atoms with E-state index < -0.39 is 0 Å². The Kier molecular flexibility index (Phi) is 6.20. The standard InChI is InChI=1S/C29H26N4O3S/c34-25-12-5-4-9-21(25)17-31-13-15-32(16-14-31)24-11-6-10-22-27(24)29(36)33(28(22)35)18-26-30-23(19-37-26)20-7-2-1-3-8-20/h1-12,19,34H,13-18H2. The SMILES string of the molecule is O=C1c2cccc(N3CCN(Cc4ccccc4O)CC3)c2C(=O)N1Cc1nc(-c2ccccc2)cs1. The van der Waals surface area contributed by atoms with Crippen LogP contribution in [0.25, 0.3) is 11.3 Å². The van der Waals surface area contributed by atoms with Gasteiger partial charge in [0.15, 0.2) is 0 Å². The van der Waals surface area contributed by atoms with Crippen LogP contribution in [0, 0.1) is 0 Å². The molecule has 0 spiro atoms. The number of carbonyl (C=O) groups is 2. The molecular formula is C29H26N4O3S. The first-order valence-electron chi connectivity index (χ1n) is 12.3. The van der Waals surface area contributed by atoms with Crippen LogP contribution >= 0.6 is 11.3 Å². The van der Waals surface area contributed by atoms with Gasteiger partial charge in [0, 0.05) is 49.2 Å². The summed E-state index contributed by atoms with van der Waals surface area (Å²) < 4.78 is 0. The third kappa shape index (κ3) is 4.50. The smallest absolute Gasteiger partial charge is 0.264 e. The molecule has 37 heavy (non-hydrogen) atoms. The van der Waals surface area contributed by atoms with Crippen LogP contribution in [0.4, 0.5) is 5.69 Å². The minimum Gasteiger partial charge on any atom is -0.508 e. The number of para-hydroxylation sites is 1. The molecular weight excluding hydrogens is 484 g/mol. The van der Waals surface area contributed by atoms with E-state index in [1.54, 1.807) is 12.1 Å². The second kappa shape index (κ2) is 9.80. The number of piperazine rings is 1. The van der Waals surface area contributed by atoms with Gasteiger partial charge in [-0.05, 0) is 18.2 Å². The maximum atomic E-state index is 13.5. The number of thiazole rings is 1. The fourth-order valence-electron chi connectivity index (χ4n) is 5.02. The van der Waals surface area contributed by atoms with E-state index in [9.17, 15) is 14.7 Å². The molecule has 1 fully saturated rings. The van der Waals surface area contributed by atoms with E-state index in [-0.39, 0.29) is 18.4 Å². The van der Waals surface area contributed by atoms with Crippen molar-refractivity contribution < 1.29 is 14.7 Å². The number of aromatic nitrogens is 1. The Labute approximate surface area is 219 Å². The maximum Gasteiger partial charge on any atom is 0.264 e. The monoisotopic (exact) mass is 510 g/mol. The van der Waals surface area contributed by atoms with Gasteiger partial charge in [0.1, 0.15) is 10.8 Å². The summed E-state index contributed by atoms with van der Waals surface area (Å²) in [6.07, 6.45) is 0. The van der Waals surface area contributed by atoms with E-state index in [0.717, 1.165) is 53.7 Å². The van der Waals surface area contributed by atoms with Gasteiger partial charge in [-0.1, -0.05) is 54.6 Å². The van der Waals surface area contributed by atoms with Gasteiger partial charge in [0.05, 0.1) is 29.1 Å². The molecule has 0 saturated carbocycles. The zero-order valence-corrected chi connectivity index (χ0v) is 21.0. The first-order chi connectivity index (χ1) is 18.1. The summed E-state index contributed by atoms with van der Waals surface area (Å²) in [5.41, 5.74) is 4.52. The summed E-state index contributed by atoms with van der Waals surface area (Å²) in [5, 5.41) is 12.8. The van der Waals surface area contributed by atoms with Gasteiger partial charge in [-0.3, -0.25) is 19.4 Å². The predicted molar refractivity (Wildman–Crippen MR) is 144 cm³/mol. The van der Waals surface area contributed by atoms with Crippen LogP contribution in [0.5, 0.6) is 5.75 Å². The van der Waals surface area contributed by atoms with Crippen molar-refractivity contribution in [3.05, 3.63) is 99.9 Å². The number of phenolic OH excluding ortho intramolecular Hbond substituents is 1. The zero-order chi connectivity index (χ0) is 25.4. The lowest BCUT2D eigenvalue weighted by molar-refractivity contribution is 0.0642. The highest BCUT2D eigenvalue weighted by Crippen LogP contribution is 2.34. The number of carbonyl (C=O) groups excluding carboxylic acids is 2. The number of nitrogens with zero attached hydrogens (tertiary/aromatic N) is 4. The lowest BCUT2D eigenvalue weighted by Crippen LogP contribution is -2.46. The Hall–Kier alpha value is -4.01. The Morgan fingerprint density at radius 2 is 1.57 bits per heavy atom. The van der Waals surface area contributed by atoms with Crippen molar-refractivity contribution in [1.82, 2.24) is 14.8 Å². The van der Waals surface area contributed by atoms with Gasteiger partial charge in [0.25, 0.3) is 11.8 Å². The molecule has 8 heteroatoms. The number of imide groups is 1. The van der Waals surface area contributed by atoms with Crippen LogP contribution in [-0.4, -0.2) is 57.9 Å². The second-order valence-corrected chi connectivity index (χ2v) is 10.2. The number of hydrogen-bond acceptors (Lipinski definition) is 7. The molecule has 0 bridgehead atoms. The molecule has 0 aliphatic carbocycles. The van der Waals surface area contributed by atoms with Crippen LogP contribution in [-0.2, 0) is 13.1 Å². The zero-order valence-electron chi connectivity index (χ0n) is 20.2. The van der Waals surface area contributed by atoms with Crippen molar-refractivity contribution in [2.45, 2.75) is 13.1 Å². The fraction of sp³-hybridized carbons (Fsp3) is 0.207. The Bertz CT molecular complexity index is 1460. The lowest BCUT2D eigenvalue weighted by Gasteiger charge is -2.36. The summed E-state index contributed by atoms with van der Waals surface area (Å²) in [5.74, 6) is -0.216. The molecule has 2 amide bonds. The van der Waals surface area contributed by atoms with Crippen molar-refractivity contribution >= 4 is 28.8 Å². The number of benzene rings is 3. The number of amides is 2. The van der Waals surface area contributed by atoms with Gasteiger partial charge >= 0.3 is 0 Å². The topological polar surface area (TPSA) is 77.0 Å². The van der Waals surface area contributed by atoms with E-state index in [1.165, 1.54) is 16.2 Å². The number of phenols is 1. The van der Waals surface area contributed by atoms with E-state index in [1.807, 2.05) is 66.0 Å². The van der Waals surface area contributed by atoms with Crippen molar-refractivity contribution in [2.24, 2.45) is 0 Å². The molecule has 6 rings (SSSR count). The van der Waals surface area contributed by atoms with Gasteiger partial charge < -0.3 is 10.0 Å². The molecule has 186 valence electrons. The molecule has 1 aromatic heterocycles. The first-order valence-corrected chi connectivity index (χ1v) is 13.2. The molecule has 2 aliphatic heterocycles. The fourth-order valence-corrected chi connectivity index (χ4v) is 5.81. The number of anilines is 1. The molecule has 1 N–H and O–H groups in total. The van der Waals surface area contributed by atoms with Gasteiger partial charge in [-0.15, -0.1) is 11.3 Å². The third-order valence-electron chi connectivity index (χ3n) is 6.99. The number of fused-ring (bicyclic) bond motifs is 1. The van der Waals surface area contributed by atoms with E-state index in [2.05, 4.69) is 14.8 Å². The number of rotatable bonds is 6. The number of aromatic hydroxyl groups is 1. The van der Waals surface area contributed by atoms with Crippen molar-refractivity contribution in [1.29, 1.82) is 0 Å². The van der Waals surface area contributed by atoms with Crippen molar-refractivity contribution in [2.75, 3.05) is 31.1 Å². The quantitative estimate of drug-likeness (QED) is 0.381. The molecule has 1 saturated heterocycles. The van der Waals surface area contributed by atoms with Crippen LogP contribution in [0.1, 0.15) is 31.3 Å². The van der Waals surface area contributed by atoms with E-state index >= 15 is 0 Å². The highest BCUT2D eigenvalue weighted by atomic mass is 32.1. The van der Waals surface area contributed by atoms with E-state index in [0.29, 0.717) is 23.4 Å². The molecule has 2 aliphatic rings. The normalized spacial score (nSPS) is 15.9. The van der Waals surface area contributed by atoms with Gasteiger partial charge in [-0.2, -0.15) is 0 Å². The first kappa shape index (κ1) is 23.4. The molecule has 0 radical (unpaired) electrons. The Morgan fingerprint density at radius 1 is 0.811 bits per heavy atom. The molecule has 7 nitrogen and oxygen atoms in total. The number of hydrogen-bond donors (Lipinski definition) is 1. The lowest BCUT2D eigenvalue weighted by atomic mass is 10.1. The molecule has 4 aromatic rings. The van der Waals surface area contributed by atoms with Crippen LogP contribution in [0.2, 0.25) is 0 Å². The molecule has 3 heterocycles. The average Bonchev–Trinajstić information content (AvgIpc) is 3.50. The van der Waals surface area contributed by atoms with Gasteiger partial charge in [0.2, 0.25) is 0 Å². The minimum atomic E-state index is -0.267. The van der Waals surface area contributed by atoms with Gasteiger partial charge in [-0.25, -0.2) is 4.98 Å². The average molecular weight is 511 g/mol. The molecule has 0 atom stereocenters. The molecule has 0 unspecified atom stereocenters. The maximum absolute atomic E-state index is 13.5. The summed E-state index contributed by atoms with van der Waals surface area (Å²) in [7, 11) is 0. The Balaban J connectivity index is 1.17. The second-order valence-electron chi connectivity index (χ2n) is 9.28. The summed E-state index contributed by atoms with van der Waals surface area (Å²) in [4.78, 5) is 37.2. The minimum absolute atomic E-state index is 0.164. The summed E-state index contributed by atoms with van der Waals surface area (Å²) >= 11 is 1.46. The van der Waals surface area contributed by atoms with Crippen LogP contribution < -0.4 is 4.90 Å². The van der Waals surface area contributed by atoms with Crippen LogP contribution in [0.3, 0.4) is 0 Å². The van der Waals surface area contributed by atoms with Crippen LogP contribution in [0.15, 0.2) is 78.2 Å². The molecule has 3 aromatic carbocycles. The Morgan fingerprint density at radius 3 is 2.35 bits per heavy atom.